The van der Waals surface area contributed by atoms with Gasteiger partial charge in [0.05, 0.1) is 25.6 Å². The summed E-state index contributed by atoms with van der Waals surface area (Å²) in [5.74, 6) is -1.48. The topological polar surface area (TPSA) is 46.1 Å². The molecule has 2 aliphatic carbocycles. The summed E-state index contributed by atoms with van der Waals surface area (Å²) in [6, 6.07) is 16.6. The van der Waals surface area contributed by atoms with Gasteiger partial charge in [0, 0.05) is 25.4 Å². The molecule has 1 spiro atoms. The van der Waals surface area contributed by atoms with Crippen molar-refractivity contribution in [1.82, 2.24) is 4.90 Å². The highest BCUT2D eigenvalue weighted by atomic mass is 35.5. The van der Waals surface area contributed by atoms with Crippen LogP contribution in [0.15, 0.2) is 48.5 Å². The first-order chi connectivity index (χ1) is 18.4. The molecule has 1 amide bonds. The maximum Gasteiger partial charge on any atom is 0.248 e. The number of likely N-dealkylation sites (tertiary alicyclic amines) is 1. The fourth-order valence-corrected chi connectivity index (χ4v) is 8.47. The number of hydrogen-bond acceptors (Lipinski definition) is 2. The maximum absolute atomic E-state index is 14.7. The second-order valence-corrected chi connectivity index (χ2v) is 12.2. The van der Waals surface area contributed by atoms with E-state index < -0.39 is 5.92 Å². The normalized spacial score (nSPS) is 31.8. The Morgan fingerprint density at radius 1 is 1.05 bits per heavy atom. The molecule has 3 fully saturated rings. The van der Waals surface area contributed by atoms with Crippen LogP contribution in [0.1, 0.15) is 74.0 Å². The first kappa shape index (κ1) is 28.4. The number of ether oxygens (including phenoxy) is 1. The summed E-state index contributed by atoms with van der Waals surface area (Å²) in [6.45, 7) is 2.32. The number of methoxy groups -OCH3 is 1. The minimum atomic E-state index is -2.63. The van der Waals surface area contributed by atoms with Gasteiger partial charge in [-0.25, -0.2) is 8.78 Å². The number of fused-ring (bicyclic) bond motifs is 2. The number of halogens is 3. The number of piperidine rings is 1. The highest BCUT2D eigenvalue weighted by molar-refractivity contribution is 5.82. The van der Waals surface area contributed by atoms with Gasteiger partial charge in [0.25, 0.3) is 0 Å². The largest absolute Gasteiger partial charge is 1.00 e. The predicted octanol–water partition coefficient (Wildman–Crippen LogP) is 2.07. The van der Waals surface area contributed by atoms with Crippen LogP contribution in [0.3, 0.4) is 0 Å². The van der Waals surface area contributed by atoms with Gasteiger partial charge in [-0.2, -0.15) is 0 Å². The molecule has 0 aromatic heterocycles. The number of rotatable bonds is 4. The molecule has 7 heteroatoms. The van der Waals surface area contributed by atoms with Gasteiger partial charge in [0.1, 0.15) is 11.7 Å². The van der Waals surface area contributed by atoms with E-state index in [0.29, 0.717) is 18.9 Å². The van der Waals surface area contributed by atoms with Gasteiger partial charge in [-0.3, -0.25) is 4.79 Å². The lowest BCUT2D eigenvalue weighted by Crippen LogP contribution is -3.00. The van der Waals surface area contributed by atoms with Gasteiger partial charge >= 0.3 is 0 Å². The highest BCUT2D eigenvalue weighted by Gasteiger charge is 2.56. The lowest BCUT2D eigenvalue weighted by molar-refractivity contribution is -0.640. The zero-order valence-corrected chi connectivity index (χ0v) is 23.6. The smallest absolute Gasteiger partial charge is 0.248 e. The van der Waals surface area contributed by atoms with E-state index in [1.165, 1.54) is 16.7 Å². The van der Waals surface area contributed by atoms with Gasteiger partial charge in [0.15, 0.2) is 0 Å². The lowest BCUT2D eigenvalue weighted by Gasteiger charge is -2.48. The number of nitrogens with two attached hydrogens (primary N) is 1. The third-order valence-corrected chi connectivity index (χ3v) is 10.2. The molecule has 2 N–H and O–H groups in total. The molecule has 4 nitrogen and oxygen atoms in total. The molecule has 6 rings (SSSR count). The van der Waals surface area contributed by atoms with E-state index >= 15 is 0 Å². The van der Waals surface area contributed by atoms with Gasteiger partial charge in [-0.1, -0.05) is 42.5 Å². The Kier molecular flexibility index (Phi) is 8.26. The molecule has 0 bridgehead atoms. The molecule has 212 valence electrons. The fourth-order valence-electron chi connectivity index (χ4n) is 8.47. The summed E-state index contributed by atoms with van der Waals surface area (Å²) in [4.78, 5) is 16.7. The van der Waals surface area contributed by atoms with Crippen molar-refractivity contribution in [2.45, 2.75) is 81.1 Å². The van der Waals surface area contributed by atoms with Crippen LogP contribution in [0.25, 0.3) is 0 Å². The number of quaternary nitrogens is 1. The van der Waals surface area contributed by atoms with Crippen LogP contribution >= 0.6 is 0 Å². The number of nitrogens with zero attached hydrogens (tertiary/aromatic N) is 1. The molecule has 5 unspecified atom stereocenters. The van der Waals surface area contributed by atoms with Crippen LogP contribution in [-0.2, 0) is 16.6 Å². The van der Waals surface area contributed by atoms with Gasteiger partial charge in [0.2, 0.25) is 11.8 Å². The Bertz CT molecular complexity index is 1160. The van der Waals surface area contributed by atoms with Crippen molar-refractivity contribution < 1.29 is 36.0 Å². The van der Waals surface area contributed by atoms with Crippen molar-refractivity contribution >= 4 is 5.91 Å². The summed E-state index contributed by atoms with van der Waals surface area (Å²) in [7, 11) is 1.72. The number of alkyl halides is 2. The molecule has 2 aliphatic heterocycles. The predicted molar refractivity (Wildman–Crippen MR) is 144 cm³/mol. The summed E-state index contributed by atoms with van der Waals surface area (Å²) in [5, 5.41) is 2.30. The van der Waals surface area contributed by atoms with Crippen molar-refractivity contribution in [3.8, 4) is 5.75 Å². The summed E-state index contributed by atoms with van der Waals surface area (Å²) < 4.78 is 35.0. The average molecular weight is 559 g/mol. The van der Waals surface area contributed by atoms with Gasteiger partial charge < -0.3 is 27.4 Å². The number of hydrogen-bond donors (Lipinski definition) is 1. The first-order valence-corrected chi connectivity index (χ1v) is 14.6. The third-order valence-electron chi connectivity index (χ3n) is 10.2. The minimum absolute atomic E-state index is 0. The summed E-state index contributed by atoms with van der Waals surface area (Å²) >= 11 is 0. The van der Waals surface area contributed by atoms with Crippen LogP contribution in [0.4, 0.5) is 8.78 Å². The number of amides is 1. The molecule has 2 saturated heterocycles. The van der Waals surface area contributed by atoms with E-state index in [0.717, 1.165) is 57.4 Å². The van der Waals surface area contributed by atoms with E-state index in [-0.39, 0.29) is 54.4 Å². The summed E-state index contributed by atoms with van der Waals surface area (Å²) in [5.41, 5.74) is 3.58. The van der Waals surface area contributed by atoms with Gasteiger partial charge in [-0.15, -0.1) is 0 Å². The molecule has 39 heavy (non-hydrogen) atoms. The zero-order chi connectivity index (χ0) is 26.3. The van der Waals surface area contributed by atoms with Crippen molar-refractivity contribution in [2.75, 3.05) is 26.7 Å². The van der Waals surface area contributed by atoms with Crippen LogP contribution in [0, 0.1) is 11.8 Å². The summed E-state index contributed by atoms with van der Waals surface area (Å²) in [6.07, 6.45) is 5.90. The van der Waals surface area contributed by atoms with E-state index in [9.17, 15) is 13.6 Å². The Labute approximate surface area is 237 Å². The first-order valence-electron chi connectivity index (χ1n) is 14.6. The van der Waals surface area contributed by atoms with Crippen LogP contribution < -0.4 is 22.5 Å². The van der Waals surface area contributed by atoms with Crippen molar-refractivity contribution in [2.24, 2.45) is 11.8 Å². The highest BCUT2D eigenvalue weighted by Crippen LogP contribution is 2.49. The molecular weight excluding hydrogens is 518 g/mol. The Hall–Kier alpha value is -2.18. The van der Waals surface area contributed by atoms with Crippen molar-refractivity contribution in [3.63, 3.8) is 0 Å². The van der Waals surface area contributed by atoms with E-state index in [1.807, 2.05) is 12.1 Å². The van der Waals surface area contributed by atoms with E-state index in [4.69, 9.17) is 4.74 Å². The average Bonchev–Trinajstić information content (AvgIpc) is 3.36. The second kappa shape index (κ2) is 11.4. The number of benzene rings is 2. The second-order valence-electron chi connectivity index (χ2n) is 12.2. The molecule has 2 aromatic carbocycles. The Morgan fingerprint density at radius 2 is 1.87 bits per heavy atom. The number of carbonyl (C=O) groups excluding carboxylic acids is 1. The monoisotopic (exact) mass is 558 g/mol. The van der Waals surface area contributed by atoms with Crippen LogP contribution in [0.5, 0.6) is 5.75 Å². The molecule has 1 saturated carbocycles. The number of carbonyl (C=O) groups is 1. The van der Waals surface area contributed by atoms with Gasteiger partial charge in [-0.05, 0) is 79.5 Å². The third kappa shape index (κ3) is 5.19. The molecule has 4 aliphatic rings. The zero-order valence-electron chi connectivity index (χ0n) is 22.9. The lowest BCUT2D eigenvalue weighted by atomic mass is 9.63. The molecule has 2 aromatic rings. The SMILES string of the molecule is COc1cccc2c1CCCC21C[NH2+]CC1C(=O)N1CCC(c2ccccc2)CC1C1CCCC(F)(F)C1.[Cl-]. The quantitative estimate of drug-likeness (QED) is 0.625. The van der Waals surface area contributed by atoms with E-state index in [2.05, 4.69) is 46.6 Å². The molecule has 0 radical (unpaired) electrons. The standard InChI is InChI=1S/C32H40F2N2O2.ClH/c1-38-29-13-5-12-26-25(29)11-7-15-31(26)21-35-20-27(31)30(37)36-17-14-23(22-8-3-2-4-9-22)18-28(36)24-10-6-16-32(33,34)19-24;/h2-5,8-9,12-13,23-24,27-28,35H,6-7,10-11,14-21H2,1H3;1H. The Morgan fingerprint density at radius 3 is 2.64 bits per heavy atom. The molecule has 5 atom stereocenters. The van der Waals surface area contributed by atoms with Crippen molar-refractivity contribution in [1.29, 1.82) is 0 Å². The van der Waals surface area contributed by atoms with Crippen LogP contribution in [0.2, 0.25) is 0 Å². The van der Waals surface area contributed by atoms with Crippen molar-refractivity contribution in [3.05, 3.63) is 65.2 Å². The minimum Gasteiger partial charge on any atom is -1.00 e. The molecular formula is C32H41ClF2N2O2. The Balaban J connectivity index is 0.00000308. The fraction of sp³-hybridized carbons (Fsp3) is 0.594. The van der Waals surface area contributed by atoms with Crippen LogP contribution in [-0.4, -0.2) is 49.5 Å². The molecule has 2 heterocycles. The van der Waals surface area contributed by atoms with E-state index in [1.54, 1.807) is 7.11 Å². The maximum atomic E-state index is 14.7.